The Balaban J connectivity index is 1.51. The highest BCUT2D eigenvalue weighted by molar-refractivity contribution is 6.07. The maximum atomic E-state index is 13.2. The predicted molar refractivity (Wildman–Crippen MR) is 130 cm³/mol. The van der Waals surface area contributed by atoms with Gasteiger partial charge in [0.2, 0.25) is 11.8 Å². The molecule has 4 heterocycles. The summed E-state index contributed by atoms with van der Waals surface area (Å²) in [6, 6.07) is 2.91. The zero-order valence-electron chi connectivity index (χ0n) is 20.7. The molecule has 1 aliphatic rings. The minimum atomic E-state index is -3.90. The van der Waals surface area contributed by atoms with Crippen LogP contribution in [0.25, 0.3) is 11.5 Å². The summed E-state index contributed by atoms with van der Waals surface area (Å²) in [5, 5.41) is 21.2. The van der Waals surface area contributed by atoms with Crippen molar-refractivity contribution in [1.82, 2.24) is 25.1 Å². The van der Waals surface area contributed by atoms with Gasteiger partial charge in [0.25, 0.3) is 5.91 Å². The topological polar surface area (TPSA) is 150 Å². The highest BCUT2D eigenvalue weighted by Gasteiger charge is 2.48. The largest absolute Gasteiger partial charge is 0.444 e. The van der Waals surface area contributed by atoms with Crippen LogP contribution in [0.3, 0.4) is 0 Å². The average Bonchev–Trinajstić information content (AvgIpc) is 3.51. The number of hydrogen-bond donors (Lipinski definition) is 4. The summed E-state index contributed by atoms with van der Waals surface area (Å²) in [6.07, 6.45) is 0.190. The molecule has 4 N–H and O–H groups in total. The molecule has 37 heavy (non-hydrogen) atoms. The zero-order valence-corrected chi connectivity index (χ0v) is 20.7. The molecule has 4 rings (SSSR count). The van der Waals surface area contributed by atoms with Crippen molar-refractivity contribution in [2.24, 2.45) is 18.4 Å². The number of aryl methyl sites for hydroxylation is 1. The lowest BCUT2D eigenvalue weighted by Crippen LogP contribution is -2.34. The fourth-order valence-corrected chi connectivity index (χ4v) is 4.12. The first-order valence-electron chi connectivity index (χ1n) is 11.5. The number of carbonyl (C=O) groups is 2. The first kappa shape index (κ1) is 26.2. The number of hydrogen-bond acceptors (Lipinski definition) is 9. The van der Waals surface area contributed by atoms with E-state index in [2.05, 4.69) is 31.0 Å². The second kappa shape index (κ2) is 9.86. The lowest BCUT2D eigenvalue weighted by molar-refractivity contribution is -0.185. The Kier molecular flexibility index (Phi) is 6.97. The molecular formula is C23H28F2N8O4. The third-order valence-corrected chi connectivity index (χ3v) is 6.21. The Morgan fingerprint density at radius 2 is 2.14 bits per heavy atom. The van der Waals surface area contributed by atoms with Gasteiger partial charge in [-0.25, -0.2) is 9.97 Å². The lowest BCUT2D eigenvalue weighted by Gasteiger charge is -2.22. The van der Waals surface area contributed by atoms with Crippen molar-refractivity contribution in [1.29, 1.82) is 0 Å². The van der Waals surface area contributed by atoms with Crippen molar-refractivity contribution in [3.63, 3.8) is 0 Å². The monoisotopic (exact) mass is 518 g/mol. The van der Waals surface area contributed by atoms with E-state index in [1.165, 1.54) is 23.0 Å². The number of pyridine rings is 1. The molecule has 3 aromatic heterocycles. The van der Waals surface area contributed by atoms with Gasteiger partial charge in [-0.2, -0.15) is 13.9 Å². The van der Waals surface area contributed by atoms with Crippen LogP contribution >= 0.6 is 0 Å². The van der Waals surface area contributed by atoms with Gasteiger partial charge in [-0.05, 0) is 19.2 Å². The summed E-state index contributed by atoms with van der Waals surface area (Å²) in [6.45, 7) is 3.86. The number of oxazole rings is 1. The molecule has 1 fully saturated rings. The van der Waals surface area contributed by atoms with Gasteiger partial charge in [-0.3, -0.25) is 19.2 Å². The van der Waals surface area contributed by atoms with Crippen molar-refractivity contribution >= 4 is 29.1 Å². The third-order valence-electron chi connectivity index (χ3n) is 6.21. The molecule has 14 heteroatoms. The molecular weight excluding hydrogens is 490 g/mol. The van der Waals surface area contributed by atoms with E-state index in [9.17, 15) is 18.4 Å². The summed E-state index contributed by atoms with van der Waals surface area (Å²) < 4.78 is 32.3. The molecule has 0 saturated carbocycles. The van der Waals surface area contributed by atoms with E-state index in [-0.39, 0.29) is 29.2 Å². The molecule has 1 unspecified atom stereocenters. The maximum Gasteiger partial charge on any atom is 0.370 e. The van der Waals surface area contributed by atoms with E-state index in [0.29, 0.717) is 30.2 Å². The van der Waals surface area contributed by atoms with Crippen LogP contribution in [0.1, 0.15) is 24.3 Å². The van der Waals surface area contributed by atoms with E-state index in [1.54, 1.807) is 18.1 Å². The summed E-state index contributed by atoms with van der Waals surface area (Å²) in [5.74, 6) is -0.172. The van der Waals surface area contributed by atoms with Crippen molar-refractivity contribution in [2.75, 3.05) is 42.2 Å². The van der Waals surface area contributed by atoms with Gasteiger partial charge in [-0.1, -0.05) is 13.8 Å². The van der Waals surface area contributed by atoms with Crippen LogP contribution in [0.4, 0.5) is 26.1 Å². The van der Waals surface area contributed by atoms with Gasteiger partial charge in [0.15, 0.2) is 11.5 Å². The number of carbonyl (C=O) groups excluding carboxylic acids is 2. The van der Waals surface area contributed by atoms with Gasteiger partial charge >= 0.3 is 6.11 Å². The van der Waals surface area contributed by atoms with Gasteiger partial charge in [0, 0.05) is 43.2 Å². The quantitative estimate of drug-likeness (QED) is 0.333. The van der Waals surface area contributed by atoms with E-state index in [4.69, 9.17) is 9.52 Å². The van der Waals surface area contributed by atoms with Crippen molar-refractivity contribution in [3.05, 3.63) is 36.5 Å². The molecule has 0 radical (unpaired) electrons. The van der Waals surface area contributed by atoms with E-state index in [0.717, 1.165) is 6.26 Å². The molecule has 1 aliphatic heterocycles. The second-order valence-corrected chi connectivity index (χ2v) is 9.37. The molecule has 2 amide bonds. The van der Waals surface area contributed by atoms with Crippen LogP contribution in [0.15, 0.2) is 35.2 Å². The normalized spacial score (nSPS) is 17.3. The molecule has 0 aliphatic carbocycles. The number of anilines is 3. The Bertz CT molecular complexity index is 1300. The number of rotatable bonds is 9. The maximum absolute atomic E-state index is 13.2. The number of amides is 2. The van der Waals surface area contributed by atoms with Crippen molar-refractivity contribution in [3.8, 4) is 11.5 Å². The molecule has 198 valence electrons. The molecule has 0 bridgehead atoms. The van der Waals surface area contributed by atoms with Gasteiger partial charge < -0.3 is 25.5 Å². The van der Waals surface area contributed by atoms with Crippen LogP contribution in [-0.4, -0.2) is 69.5 Å². The highest BCUT2D eigenvalue weighted by Crippen LogP contribution is 2.40. The first-order valence-corrected chi connectivity index (χ1v) is 11.5. The summed E-state index contributed by atoms with van der Waals surface area (Å²) >= 11 is 0. The highest BCUT2D eigenvalue weighted by atomic mass is 19.3. The van der Waals surface area contributed by atoms with Crippen LogP contribution in [0.5, 0.6) is 0 Å². The third kappa shape index (κ3) is 5.59. The van der Waals surface area contributed by atoms with Gasteiger partial charge in [0.1, 0.15) is 24.3 Å². The Morgan fingerprint density at radius 3 is 2.84 bits per heavy atom. The molecule has 1 atom stereocenters. The minimum Gasteiger partial charge on any atom is -0.444 e. The van der Waals surface area contributed by atoms with Crippen LogP contribution < -0.4 is 20.9 Å². The molecule has 12 nitrogen and oxygen atoms in total. The summed E-state index contributed by atoms with van der Waals surface area (Å²) in [7, 11) is 3.52. The molecule has 0 aromatic carbocycles. The first-order chi connectivity index (χ1) is 17.4. The summed E-state index contributed by atoms with van der Waals surface area (Å²) in [4.78, 5) is 35.8. The Hall–Kier alpha value is -3.91. The number of alkyl halides is 2. The van der Waals surface area contributed by atoms with E-state index in [1.807, 2.05) is 20.9 Å². The molecule has 1 saturated heterocycles. The standard InChI is InChI=1S/C23H28F2N8O4/c1-22(2)14(8-26-3)9-33(21(22)35)18-15(10-32(4)31-18)29-19(34)16-11-37-20(30-16)13-5-6-27-17(7-13)28-12-23(24,25)36/h5-7,10-11,14,26,36H,8-9,12H2,1-4H3,(H,27,28)(H,29,34). The number of aromatic nitrogens is 4. The smallest absolute Gasteiger partial charge is 0.370 e. The minimum absolute atomic E-state index is 0.0425. The average molecular weight is 519 g/mol. The number of halogens is 2. The van der Waals surface area contributed by atoms with Crippen LogP contribution in [0.2, 0.25) is 0 Å². The summed E-state index contributed by atoms with van der Waals surface area (Å²) in [5.41, 5.74) is 0.0693. The Morgan fingerprint density at radius 1 is 1.38 bits per heavy atom. The molecule has 3 aromatic rings. The predicted octanol–water partition coefficient (Wildman–Crippen LogP) is 1.93. The van der Waals surface area contributed by atoms with E-state index >= 15 is 0 Å². The van der Waals surface area contributed by atoms with Crippen molar-refractivity contribution < 1.29 is 27.9 Å². The van der Waals surface area contributed by atoms with Crippen LogP contribution in [0, 0.1) is 11.3 Å². The SMILES string of the molecule is CNCC1CN(c2nn(C)cc2NC(=O)c2coc(-c3ccnc(NCC(O)(F)F)c3)n2)C(=O)C1(C)C. The second-order valence-electron chi connectivity index (χ2n) is 9.37. The van der Waals surface area contributed by atoms with Crippen molar-refractivity contribution in [2.45, 2.75) is 20.0 Å². The fourth-order valence-electron chi connectivity index (χ4n) is 4.12. The zero-order chi connectivity index (χ0) is 27.0. The van der Waals surface area contributed by atoms with E-state index < -0.39 is 24.0 Å². The Labute approximate surface area is 211 Å². The number of nitrogens with one attached hydrogen (secondary N) is 3. The van der Waals surface area contributed by atoms with Gasteiger partial charge in [0.05, 0.1) is 6.20 Å². The van der Waals surface area contributed by atoms with Gasteiger partial charge in [-0.15, -0.1) is 0 Å². The van der Waals surface area contributed by atoms with Crippen LogP contribution in [-0.2, 0) is 11.8 Å². The number of aliphatic hydroxyl groups is 1. The number of nitrogens with zero attached hydrogens (tertiary/aromatic N) is 5. The lowest BCUT2D eigenvalue weighted by atomic mass is 9.81. The fraction of sp³-hybridized carbons (Fsp3) is 0.435. The molecule has 0 spiro atoms.